The standard InChI is InChI=1S/C31H46N6O8S/c1-6-7-11-21(26(32)40)34-29(43)24(16-25(38)39)36-27(41)22(13-14-46-5)35-28(42)23(37-30(44)45-31(2,3)4)15-18-17-33-20-12-9-8-10-19(18)20/h8-10,12,17,21-24,33H,6-7,11,13-16H2,1-5H3,(H2,32,40)(H,34,43)(H,35,42)(H,36,41)(H,37,44)(H,38,39)/t21?,22-,23-,24-/m0/s1. The van der Waals surface area contributed by atoms with E-state index in [4.69, 9.17) is 10.5 Å². The van der Waals surface area contributed by atoms with Crippen LogP contribution in [0.25, 0.3) is 10.9 Å². The molecule has 8 N–H and O–H groups in total. The Morgan fingerprint density at radius 1 is 0.913 bits per heavy atom. The molecule has 1 unspecified atom stereocenters. The number of fused-ring (bicyclic) bond motifs is 1. The van der Waals surface area contributed by atoms with Crippen LogP contribution in [-0.4, -0.2) is 87.6 Å². The second kappa shape index (κ2) is 18.0. The van der Waals surface area contributed by atoms with Crippen LogP contribution in [0.15, 0.2) is 30.5 Å². The molecular formula is C31H46N6O8S. The van der Waals surface area contributed by atoms with E-state index in [0.717, 1.165) is 22.9 Å². The summed E-state index contributed by atoms with van der Waals surface area (Å²) in [6.45, 7) is 6.94. The molecule has 2 rings (SSSR count). The predicted octanol–water partition coefficient (Wildman–Crippen LogP) is 1.96. The summed E-state index contributed by atoms with van der Waals surface area (Å²) in [6.07, 6.45) is 3.69. The van der Waals surface area contributed by atoms with E-state index in [2.05, 4.69) is 26.3 Å². The summed E-state index contributed by atoms with van der Waals surface area (Å²) in [5.41, 5.74) is 6.15. The number of carboxylic acid groups (broad SMARTS) is 1. The van der Waals surface area contributed by atoms with Crippen molar-refractivity contribution in [3.8, 4) is 0 Å². The highest BCUT2D eigenvalue weighted by atomic mass is 32.2. The van der Waals surface area contributed by atoms with Crippen molar-refractivity contribution in [1.29, 1.82) is 0 Å². The number of aliphatic carboxylic acids is 1. The van der Waals surface area contributed by atoms with E-state index in [1.165, 1.54) is 11.8 Å². The number of carbonyl (C=O) groups excluding carboxylic acids is 5. The lowest BCUT2D eigenvalue weighted by atomic mass is 10.0. The van der Waals surface area contributed by atoms with Crippen LogP contribution >= 0.6 is 11.8 Å². The highest BCUT2D eigenvalue weighted by Crippen LogP contribution is 2.20. The summed E-state index contributed by atoms with van der Waals surface area (Å²) in [5.74, 6) is -4.11. The number of H-pyrrole nitrogens is 1. The Labute approximate surface area is 272 Å². The van der Waals surface area contributed by atoms with E-state index >= 15 is 0 Å². The highest BCUT2D eigenvalue weighted by molar-refractivity contribution is 7.98. The minimum atomic E-state index is -1.55. The zero-order valence-electron chi connectivity index (χ0n) is 26.9. The number of rotatable bonds is 18. The second-order valence-electron chi connectivity index (χ2n) is 11.9. The summed E-state index contributed by atoms with van der Waals surface area (Å²) in [4.78, 5) is 79.5. The lowest BCUT2D eigenvalue weighted by Gasteiger charge is -2.26. The van der Waals surface area contributed by atoms with Gasteiger partial charge in [0.05, 0.1) is 6.42 Å². The van der Waals surface area contributed by atoms with Crippen LogP contribution in [0.5, 0.6) is 0 Å². The zero-order chi connectivity index (χ0) is 34.4. The van der Waals surface area contributed by atoms with E-state index in [9.17, 15) is 33.9 Å². The molecule has 5 amide bonds. The van der Waals surface area contributed by atoms with Gasteiger partial charge in [0.1, 0.15) is 29.8 Å². The van der Waals surface area contributed by atoms with Crippen LogP contribution in [0.4, 0.5) is 4.79 Å². The number of hydrogen-bond donors (Lipinski definition) is 7. The van der Waals surface area contributed by atoms with Gasteiger partial charge in [-0.1, -0.05) is 38.0 Å². The summed E-state index contributed by atoms with van der Waals surface area (Å²) in [6, 6.07) is 2.50. The van der Waals surface area contributed by atoms with Crippen molar-refractivity contribution in [2.24, 2.45) is 5.73 Å². The van der Waals surface area contributed by atoms with Gasteiger partial charge in [-0.25, -0.2) is 4.79 Å². The number of carboxylic acids is 1. The Hall–Kier alpha value is -4.27. The van der Waals surface area contributed by atoms with Crippen LogP contribution in [0.2, 0.25) is 0 Å². The maximum Gasteiger partial charge on any atom is 0.408 e. The third-order valence-corrected chi connectivity index (χ3v) is 7.51. The van der Waals surface area contributed by atoms with Gasteiger partial charge in [0.15, 0.2) is 0 Å². The molecule has 254 valence electrons. The number of benzene rings is 1. The fraction of sp³-hybridized carbons (Fsp3) is 0.548. The molecule has 0 aliphatic carbocycles. The predicted molar refractivity (Wildman–Crippen MR) is 175 cm³/mol. The molecule has 1 aromatic heterocycles. The van der Waals surface area contributed by atoms with Crippen LogP contribution in [-0.2, 0) is 35.1 Å². The third-order valence-electron chi connectivity index (χ3n) is 6.87. The molecule has 1 aromatic carbocycles. The van der Waals surface area contributed by atoms with Crippen LogP contribution in [0.1, 0.15) is 65.4 Å². The minimum absolute atomic E-state index is 0.0578. The average molecular weight is 663 g/mol. The molecule has 0 aliphatic rings. The zero-order valence-corrected chi connectivity index (χ0v) is 27.8. The summed E-state index contributed by atoms with van der Waals surface area (Å²) in [7, 11) is 0. The number of unbranched alkanes of at least 4 members (excludes halogenated alkanes) is 1. The number of amides is 5. The molecule has 0 saturated heterocycles. The average Bonchev–Trinajstić information content (AvgIpc) is 3.37. The van der Waals surface area contributed by atoms with E-state index in [0.29, 0.717) is 12.2 Å². The molecule has 14 nitrogen and oxygen atoms in total. The number of aromatic nitrogens is 1. The minimum Gasteiger partial charge on any atom is -0.481 e. The lowest BCUT2D eigenvalue weighted by molar-refractivity contribution is -0.141. The summed E-state index contributed by atoms with van der Waals surface area (Å²) in [5, 5.41) is 20.4. The third kappa shape index (κ3) is 12.6. The maximum absolute atomic E-state index is 13.7. The number of carbonyl (C=O) groups is 6. The van der Waals surface area contributed by atoms with Crippen molar-refractivity contribution in [1.82, 2.24) is 26.3 Å². The van der Waals surface area contributed by atoms with Gasteiger partial charge in [0.2, 0.25) is 23.6 Å². The first kappa shape index (κ1) is 37.9. The normalized spacial score (nSPS) is 13.9. The van der Waals surface area contributed by atoms with Crippen molar-refractivity contribution >= 4 is 58.4 Å². The molecule has 0 saturated carbocycles. The Morgan fingerprint density at radius 2 is 1.52 bits per heavy atom. The number of primary amides is 1. The Kier molecular flexibility index (Phi) is 14.9. The van der Waals surface area contributed by atoms with Crippen molar-refractivity contribution < 1.29 is 38.6 Å². The number of aromatic amines is 1. The van der Waals surface area contributed by atoms with Gasteiger partial charge in [-0.3, -0.25) is 24.0 Å². The van der Waals surface area contributed by atoms with E-state index < -0.39 is 71.9 Å². The highest BCUT2D eigenvalue weighted by Gasteiger charge is 2.33. The summed E-state index contributed by atoms with van der Waals surface area (Å²) < 4.78 is 5.38. The quantitative estimate of drug-likeness (QED) is 0.124. The number of hydrogen-bond acceptors (Lipinski definition) is 8. The number of thioether (sulfide) groups is 1. The number of para-hydroxylation sites is 1. The van der Waals surface area contributed by atoms with Crippen molar-refractivity contribution in [3.05, 3.63) is 36.0 Å². The molecule has 15 heteroatoms. The first-order chi connectivity index (χ1) is 21.6. The SMILES string of the molecule is CCCCC(NC(=O)[C@H](CC(=O)O)NC(=O)[C@H](CCSC)NC(=O)[C@H](Cc1c[nH]c2ccccc12)NC(=O)OC(C)(C)C)C(N)=O. The largest absolute Gasteiger partial charge is 0.481 e. The Morgan fingerprint density at radius 3 is 2.13 bits per heavy atom. The van der Waals surface area contributed by atoms with Crippen molar-refractivity contribution in [2.45, 2.75) is 96.0 Å². The molecule has 0 fully saturated rings. The van der Waals surface area contributed by atoms with Gasteiger partial charge in [-0.2, -0.15) is 11.8 Å². The van der Waals surface area contributed by atoms with Crippen molar-refractivity contribution in [2.75, 3.05) is 12.0 Å². The molecule has 0 bridgehead atoms. The molecule has 46 heavy (non-hydrogen) atoms. The number of alkyl carbamates (subject to hydrolysis) is 1. The molecule has 4 atom stereocenters. The molecule has 0 aliphatic heterocycles. The van der Waals surface area contributed by atoms with Gasteiger partial charge in [0.25, 0.3) is 0 Å². The number of ether oxygens (including phenoxy) is 1. The monoisotopic (exact) mass is 662 g/mol. The van der Waals surface area contributed by atoms with E-state index in [1.807, 2.05) is 37.4 Å². The Bertz CT molecular complexity index is 1370. The number of nitrogens with one attached hydrogen (secondary N) is 5. The smallest absolute Gasteiger partial charge is 0.408 e. The molecule has 2 aromatic rings. The fourth-order valence-corrected chi connectivity index (χ4v) is 5.05. The molecule has 0 radical (unpaired) electrons. The lowest BCUT2D eigenvalue weighted by Crippen LogP contribution is -2.58. The molecular weight excluding hydrogens is 616 g/mol. The van der Waals surface area contributed by atoms with Gasteiger partial charge in [-0.15, -0.1) is 0 Å². The number of nitrogens with two attached hydrogens (primary N) is 1. The molecule has 0 spiro atoms. The van der Waals surface area contributed by atoms with Gasteiger partial charge < -0.3 is 41.8 Å². The fourth-order valence-electron chi connectivity index (χ4n) is 4.58. The van der Waals surface area contributed by atoms with Gasteiger partial charge in [0, 0.05) is 23.5 Å². The van der Waals surface area contributed by atoms with Crippen LogP contribution in [0.3, 0.4) is 0 Å². The first-order valence-corrected chi connectivity index (χ1v) is 16.5. The van der Waals surface area contributed by atoms with E-state index in [1.54, 1.807) is 27.0 Å². The second-order valence-corrected chi connectivity index (χ2v) is 12.9. The Balaban J connectivity index is 2.30. The van der Waals surface area contributed by atoms with Gasteiger partial charge in [-0.05, 0) is 57.3 Å². The topological polar surface area (TPSA) is 222 Å². The van der Waals surface area contributed by atoms with Crippen LogP contribution in [0, 0.1) is 0 Å². The first-order valence-electron chi connectivity index (χ1n) is 15.1. The van der Waals surface area contributed by atoms with Gasteiger partial charge >= 0.3 is 12.1 Å². The van der Waals surface area contributed by atoms with Crippen LogP contribution < -0.4 is 27.0 Å². The maximum atomic E-state index is 13.7. The van der Waals surface area contributed by atoms with Crippen molar-refractivity contribution in [3.63, 3.8) is 0 Å². The van der Waals surface area contributed by atoms with E-state index in [-0.39, 0.29) is 19.3 Å². The summed E-state index contributed by atoms with van der Waals surface area (Å²) >= 11 is 1.41. The molecule has 1 heterocycles.